The fourth-order valence-electron chi connectivity index (χ4n) is 2.78. The van der Waals surface area contributed by atoms with Gasteiger partial charge in [-0.15, -0.1) is 0 Å². The van der Waals surface area contributed by atoms with Crippen LogP contribution in [0.5, 0.6) is 0 Å². The van der Waals surface area contributed by atoms with Crippen LogP contribution in [0.25, 0.3) is 0 Å². The Hall–Kier alpha value is -1.55. The van der Waals surface area contributed by atoms with Crippen molar-refractivity contribution in [2.75, 3.05) is 26.2 Å². The van der Waals surface area contributed by atoms with Crippen molar-refractivity contribution >= 4 is 29.1 Å². The molecule has 0 saturated carbocycles. The van der Waals surface area contributed by atoms with Crippen molar-refractivity contribution in [1.29, 1.82) is 0 Å². The maximum absolute atomic E-state index is 12.5. The minimum atomic E-state index is 0.00740. The monoisotopic (exact) mass is 348 g/mol. The van der Waals surface area contributed by atoms with Crippen molar-refractivity contribution in [2.24, 2.45) is 0 Å². The number of halogens is 2. The highest BCUT2D eigenvalue weighted by molar-refractivity contribution is 6.33. The van der Waals surface area contributed by atoms with Gasteiger partial charge in [0, 0.05) is 37.7 Å². The molecule has 23 heavy (non-hydrogen) atoms. The van der Waals surface area contributed by atoms with Gasteiger partial charge in [0.1, 0.15) is 0 Å². The Kier molecular flexibility index (Phi) is 5.21. The highest BCUT2D eigenvalue weighted by Crippen LogP contribution is 2.20. The van der Waals surface area contributed by atoms with Gasteiger partial charge in [-0.05, 0) is 23.8 Å². The molecule has 3 nitrogen and oxygen atoms in total. The van der Waals surface area contributed by atoms with E-state index in [1.807, 2.05) is 41.3 Å². The minimum absolute atomic E-state index is 0.00740. The summed E-state index contributed by atoms with van der Waals surface area (Å²) in [5.41, 5.74) is 1.70. The second kappa shape index (κ2) is 7.35. The maximum atomic E-state index is 12.5. The molecule has 0 bridgehead atoms. The van der Waals surface area contributed by atoms with Gasteiger partial charge in [-0.1, -0.05) is 53.5 Å². The number of amides is 1. The van der Waals surface area contributed by atoms with Gasteiger partial charge >= 0.3 is 0 Å². The van der Waals surface area contributed by atoms with E-state index in [0.717, 1.165) is 30.2 Å². The SMILES string of the molecule is O=C(c1ccccc1Cl)N1CCN(Cc2ccccc2Cl)CC1. The minimum Gasteiger partial charge on any atom is -0.336 e. The second-order valence-corrected chi connectivity index (χ2v) is 6.45. The molecule has 0 N–H and O–H groups in total. The van der Waals surface area contributed by atoms with Crippen molar-refractivity contribution in [2.45, 2.75) is 6.54 Å². The van der Waals surface area contributed by atoms with E-state index in [2.05, 4.69) is 4.90 Å². The fraction of sp³-hybridized carbons (Fsp3) is 0.278. The number of rotatable bonds is 3. The summed E-state index contributed by atoms with van der Waals surface area (Å²) in [4.78, 5) is 16.7. The number of carbonyl (C=O) groups excluding carboxylic acids is 1. The molecular formula is C18H18Cl2N2O. The van der Waals surface area contributed by atoms with Gasteiger partial charge in [0.05, 0.1) is 10.6 Å². The first-order valence-corrected chi connectivity index (χ1v) is 8.40. The van der Waals surface area contributed by atoms with Crippen LogP contribution in [0, 0.1) is 0 Å². The first-order valence-electron chi connectivity index (χ1n) is 7.65. The van der Waals surface area contributed by atoms with Gasteiger partial charge in [0.25, 0.3) is 5.91 Å². The summed E-state index contributed by atoms with van der Waals surface area (Å²) >= 11 is 12.3. The molecule has 1 heterocycles. The average molecular weight is 349 g/mol. The van der Waals surface area contributed by atoms with Crippen LogP contribution in [-0.2, 0) is 6.54 Å². The summed E-state index contributed by atoms with van der Waals surface area (Å²) in [6.07, 6.45) is 0. The zero-order valence-corrected chi connectivity index (χ0v) is 14.2. The lowest BCUT2D eigenvalue weighted by Gasteiger charge is -2.35. The molecule has 0 aliphatic carbocycles. The zero-order chi connectivity index (χ0) is 16.2. The maximum Gasteiger partial charge on any atom is 0.255 e. The summed E-state index contributed by atoms with van der Waals surface area (Å²) in [5, 5.41) is 1.30. The van der Waals surface area contributed by atoms with Gasteiger partial charge in [-0.25, -0.2) is 0 Å². The summed E-state index contributed by atoms with van der Waals surface area (Å²) in [6, 6.07) is 15.1. The first-order chi connectivity index (χ1) is 11.1. The van der Waals surface area contributed by atoms with Crippen LogP contribution in [0.4, 0.5) is 0 Å². The Labute approximate surface area is 146 Å². The van der Waals surface area contributed by atoms with Gasteiger partial charge in [0.2, 0.25) is 0 Å². The molecule has 0 radical (unpaired) electrons. The van der Waals surface area contributed by atoms with E-state index in [1.165, 1.54) is 0 Å². The van der Waals surface area contributed by atoms with Crippen LogP contribution in [0.2, 0.25) is 10.0 Å². The third-order valence-electron chi connectivity index (χ3n) is 4.12. The molecule has 1 amide bonds. The standard InChI is InChI=1S/C18H18Cl2N2O/c19-16-7-3-1-5-14(16)13-21-9-11-22(12-10-21)18(23)15-6-2-4-8-17(15)20/h1-8H,9-13H2. The number of carbonyl (C=O) groups is 1. The van der Waals surface area contributed by atoms with Crippen LogP contribution in [0.15, 0.2) is 48.5 Å². The van der Waals surface area contributed by atoms with Crippen molar-refractivity contribution in [1.82, 2.24) is 9.80 Å². The summed E-state index contributed by atoms with van der Waals surface area (Å²) in [7, 11) is 0. The number of hydrogen-bond acceptors (Lipinski definition) is 2. The quantitative estimate of drug-likeness (QED) is 0.838. The topological polar surface area (TPSA) is 23.6 Å². The molecule has 1 aliphatic heterocycles. The Morgan fingerprint density at radius 3 is 2.13 bits per heavy atom. The van der Waals surface area contributed by atoms with E-state index in [4.69, 9.17) is 23.2 Å². The van der Waals surface area contributed by atoms with E-state index in [0.29, 0.717) is 23.7 Å². The molecule has 3 rings (SSSR count). The Morgan fingerprint density at radius 1 is 0.870 bits per heavy atom. The Morgan fingerprint density at radius 2 is 1.48 bits per heavy atom. The third-order valence-corrected chi connectivity index (χ3v) is 4.81. The van der Waals surface area contributed by atoms with Crippen molar-refractivity contribution in [3.8, 4) is 0 Å². The molecule has 0 atom stereocenters. The smallest absolute Gasteiger partial charge is 0.255 e. The van der Waals surface area contributed by atoms with Crippen molar-refractivity contribution in [3.63, 3.8) is 0 Å². The normalized spacial score (nSPS) is 15.7. The molecular weight excluding hydrogens is 331 g/mol. The Bertz CT molecular complexity index is 697. The predicted octanol–water partition coefficient (Wildman–Crippen LogP) is 3.95. The molecule has 0 unspecified atom stereocenters. The molecule has 0 spiro atoms. The second-order valence-electron chi connectivity index (χ2n) is 5.64. The lowest BCUT2D eigenvalue weighted by Crippen LogP contribution is -2.48. The van der Waals surface area contributed by atoms with Crippen LogP contribution >= 0.6 is 23.2 Å². The first kappa shape index (κ1) is 16.3. The highest BCUT2D eigenvalue weighted by atomic mass is 35.5. The summed E-state index contributed by atoms with van der Waals surface area (Å²) in [5.74, 6) is 0.00740. The summed E-state index contributed by atoms with van der Waals surface area (Å²) in [6.45, 7) is 3.89. The van der Waals surface area contributed by atoms with E-state index in [1.54, 1.807) is 12.1 Å². The predicted molar refractivity (Wildman–Crippen MR) is 94.1 cm³/mol. The third kappa shape index (κ3) is 3.86. The molecule has 1 saturated heterocycles. The molecule has 1 aliphatic rings. The highest BCUT2D eigenvalue weighted by Gasteiger charge is 2.23. The van der Waals surface area contributed by atoms with E-state index < -0.39 is 0 Å². The van der Waals surface area contributed by atoms with Gasteiger partial charge in [0.15, 0.2) is 0 Å². The van der Waals surface area contributed by atoms with E-state index in [-0.39, 0.29) is 5.91 Å². The van der Waals surface area contributed by atoms with E-state index >= 15 is 0 Å². The number of piperazine rings is 1. The number of nitrogens with zero attached hydrogens (tertiary/aromatic N) is 2. The average Bonchev–Trinajstić information content (AvgIpc) is 2.57. The zero-order valence-electron chi connectivity index (χ0n) is 12.7. The molecule has 1 fully saturated rings. The van der Waals surface area contributed by atoms with Crippen molar-refractivity contribution in [3.05, 3.63) is 69.7 Å². The molecule has 2 aromatic carbocycles. The van der Waals surface area contributed by atoms with Gasteiger partial charge < -0.3 is 4.90 Å². The Balaban J connectivity index is 1.59. The van der Waals surface area contributed by atoms with Crippen LogP contribution < -0.4 is 0 Å². The van der Waals surface area contributed by atoms with Crippen LogP contribution in [-0.4, -0.2) is 41.9 Å². The molecule has 0 aromatic heterocycles. The fourth-order valence-corrected chi connectivity index (χ4v) is 3.19. The lowest BCUT2D eigenvalue weighted by atomic mass is 10.1. The largest absolute Gasteiger partial charge is 0.336 e. The van der Waals surface area contributed by atoms with Crippen LogP contribution in [0.3, 0.4) is 0 Å². The number of benzene rings is 2. The summed E-state index contributed by atoms with van der Waals surface area (Å²) < 4.78 is 0. The van der Waals surface area contributed by atoms with Crippen molar-refractivity contribution < 1.29 is 4.79 Å². The van der Waals surface area contributed by atoms with Gasteiger partial charge in [-0.2, -0.15) is 0 Å². The molecule has 120 valence electrons. The number of hydrogen-bond donors (Lipinski definition) is 0. The van der Waals surface area contributed by atoms with Gasteiger partial charge in [-0.3, -0.25) is 9.69 Å². The molecule has 2 aromatic rings. The van der Waals surface area contributed by atoms with Crippen LogP contribution in [0.1, 0.15) is 15.9 Å². The lowest BCUT2D eigenvalue weighted by molar-refractivity contribution is 0.0628. The van der Waals surface area contributed by atoms with E-state index in [9.17, 15) is 4.79 Å². The molecule has 5 heteroatoms.